The Kier molecular flexibility index (Phi) is 8.96. The second-order valence-corrected chi connectivity index (χ2v) is 10.7. The van der Waals surface area contributed by atoms with E-state index in [4.69, 9.17) is 9.47 Å². The molecule has 0 spiro atoms. The van der Waals surface area contributed by atoms with E-state index in [-0.39, 0.29) is 60.4 Å². The molecule has 1 aromatic rings. The van der Waals surface area contributed by atoms with Crippen molar-refractivity contribution in [3.63, 3.8) is 0 Å². The number of ether oxygens (including phenoxy) is 2. The zero-order valence-corrected chi connectivity index (χ0v) is 21.2. The minimum atomic E-state index is -3.52. The largest absolute Gasteiger partial charge is 0.491 e. The third-order valence-electron chi connectivity index (χ3n) is 5.42. The SMILES string of the molecule is CO[C@@H]1CN(C)C(=O)c2cc(NS(C)(=O)=O)ccc2OC[C@@H](C)N(C(=O)NC(C)C)C[C@H]1C. The number of carbonyl (C=O) groups is 2. The fourth-order valence-corrected chi connectivity index (χ4v) is 4.22. The summed E-state index contributed by atoms with van der Waals surface area (Å²) in [5.41, 5.74) is 0.482. The van der Waals surface area contributed by atoms with Crippen molar-refractivity contribution in [3.05, 3.63) is 23.8 Å². The maximum absolute atomic E-state index is 13.3. The van der Waals surface area contributed by atoms with E-state index in [0.717, 1.165) is 6.26 Å². The van der Waals surface area contributed by atoms with Gasteiger partial charge in [-0.3, -0.25) is 9.52 Å². The Morgan fingerprint density at radius 1 is 1.24 bits per heavy atom. The number of benzene rings is 1. The monoisotopic (exact) mass is 484 g/mol. The minimum Gasteiger partial charge on any atom is -0.491 e. The number of anilines is 1. The first kappa shape index (κ1) is 26.7. The van der Waals surface area contributed by atoms with Crippen molar-refractivity contribution in [2.75, 3.05) is 44.8 Å². The van der Waals surface area contributed by atoms with E-state index in [2.05, 4.69) is 10.0 Å². The number of rotatable bonds is 4. The highest BCUT2D eigenvalue weighted by Gasteiger charge is 2.30. The molecule has 0 aliphatic carbocycles. The summed E-state index contributed by atoms with van der Waals surface area (Å²) in [4.78, 5) is 29.4. The van der Waals surface area contributed by atoms with E-state index in [1.54, 1.807) is 25.1 Å². The van der Waals surface area contributed by atoms with E-state index in [9.17, 15) is 18.0 Å². The number of urea groups is 1. The Morgan fingerprint density at radius 3 is 2.48 bits per heavy atom. The van der Waals surface area contributed by atoms with Gasteiger partial charge in [0.1, 0.15) is 12.4 Å². The van der Waals surface area contributed by atoms with E-state index in [0.29, 0.717) is 12.3 Å². The number of amides is 3. The predicted octanol–water partition coefficient (Wildman–Crippen LogP) is 1.98. The Labute approximate surface area is 196 Å². The number of fused-ring (bicyclic) bond motifs is 1. The summed E-state index contributed by atoms with van der Waals surface area (Å²) in [6.45, 7) is 8.52. The highest BCUT2D eigenvalue weighted by Crippen LogP contribution is 2.26. The van der Waals surface area contributed by atoms with Crippen LogP contribution in [-0.4, -0.2) is 88.5 Å². The van der Waals surface area contributed by atoms with E-state index >= 15 is 0 Å². The van der Waals surface area contributed by atoms with Gasteiger partial charge < -0.3 is 24.6 Å². The number of methoxy groups -OCH3 is 1. The third kappa shape index (κ3) is 7.50. The first-order valence-electron chi connectivity index (χ1n) is 10.9. The maximum Gasteiger partial charge on any atom is 0.317 e. The van der Waals surface area contributed by atoms with Gasteiger partial charge in [-0.05, 0) is 39.0 Å². The molecule has 33 heavy (non-hydrogen) atoms. The Bertz CT molecular complexity index is 952. The van der Waals surface area contributed by atoms with Crippen LogP contribution in [0.4, 0.5) is 10.5 Å². The zero-order valence-electron chi connectivity index (χ0n) is 20.4. The van der Waals surface area contributed by atoms with Gasteiger partial charge in [0.2, 0.25) is 10.0 Å². The molecule has 2 N–H and O–H groups in total. The Balaban J connectivity index is 2.47. The molecule has 0 bridgehead atoms. The van der Waals surface area contributed by atoms with Crippen LogP contribution in [0.3, 0.4) is 0 Å². The maximum atomic E-state index is 13.3. The molecule has 1 aliphatic rings. The number of hydrogen-bond donors (Lipinski definition) is 2. The molecular formula is C22H36N4O6S. The molecule has 0 saturated carbocycles. The lowest BCUT2D eigenvalue weighted by Gasteiger charge is -2.36. The van der Waals surface area contributed by atoms with Gasteiger partial charge in [0.05, 0.1) is 24.0 Å². The van der Waals surface area contributed by atoms with Crippen LogP contribution in [-0.2, 0) is 14.8 Å². The van der Waals surface area contributed by atoms with E-state index < -0.39 is 10.0 Å². The van der Waals surface area contributed by atoms with Crippen LogP contribution in [0.2, 0.25) is 0 Å². The van der Waals surface area contributed by atoms with Crippen molar-refractivity contribution in [3.8, 4) is 5.75 Å². The van der Waals surface area contributed by atoms with Crippen molar-refractivity contribution in [2.24, 2.45) is 5.92 Å². The Morgan fingerprint density at radius 2 is 1.91 bits per heavy atom. The lowest BCUT2D eigenvalue weighted by Crippen LogP contribution is -2.52. The first-order valence-corrected chi connectivity index (χ1v) is 12.8. The van der Waals surface area contributed by atoms with Crippen molar-refractivity contribution in [1.82, 2.24) is 15.1 Å². The normalized spacial score (nSPS) is 22.7. The highest BCUT2D eigenvalue weighted by molar-refractivity contribution is 7.92. The molecule has 10 nitrogen and oxygen atoms in total. The minimum absolute atomic E-state index is 0.0224. The van der Waals surface area contributed by atoms with Crippen LogP contribution in [0, 0.1) is 5.92 Å². The van der Waals surface area contributed by atoms with Crippen LogP contribution in [0.25, 0.3) is 0 Å². The molecule has 2 rings (SSSR count). The molecule has 3 atom stereocenters. The van der Waals surface area contributed by atoms with E-state index in [1.165, 1.54) is 17.0 Å². The Hall–Kier alpha value is -2.53. The van der Waals surface area contributed by atoms with Crippen molar-refractivity contribution >= 4 is 27.6 Å². The second-order valence-electron chi connectivity index (χ2n) is 8.94. The summed E-state index contributed by atoms with van der Waals surface area (Å²) in [6, 6.07) is 4.04. The molecule has 0 unspecified atom stereocenters. The molecule has 1 aliphatic heterocycles. The van der Waals surface area contributed by atoms with Crippen molar-refractivity contribution < 1.29 is 27.5 Å². The van der Waals surface area contributed by atoms with E-state index in [1.807, 2.05) is 27.7 Å². The summed E-state index contributed by atoms with van der Waals surface area (Å²) in [5, 5.41) is 2.93. The van der Waals surface area contributed by atoms with Crippen LogP contribution >= 0.6 is 0 Å². The molecule has 0 saturated heterocycles. The zero-order chi connectivity index (χ0) is 24.9. The van der Waals surface area contributed by atoms with Crippen LogP contribution in [0.15, 0.2) is 18.2 Å². The fourth-order valence-electron chi connectivity index (χ4n) is 3.67. The molecule has 0 aromatic heterocycles. The molecule has 0 fully saturated rings. The summed E-state index contributed by atoms with van der Waals surface area (Å²) in [7, 11) is -0.283. The summed E-state index contributed by atoms with van der Waals surface area (Å²) >= 11 is 0. The predicted molar refractivity (Wildman–Crippen MR) is 127 cm³/mol. The number of nitrogens with zero attached hydrogens (tertiary/aromatic N) is 2. The third-order valence-corrected chi connectivity index (χ3v) is 6.03. The number of likely N-dealkylation sites (N-methyl/N-ethyl adjacent to an activating group) is 1. The van der Waals surface area contributed by atoms with Gasteiger partial charge in [0.25, 0.3) is 5.91 Å². The molecular weight excluding hydrogens is 448 g/mol. The molecule has 1 heterocycles. The molecule has 3 amide bonds. The molecule has 1 aromatic carbocycles. The molecule has 0 radical (unpaired) electrons. The van der Waals surface area contributed by atoms with Gasteiger partial charge in [-0.1, -0.05) is 6.92 Å². The molecule has 186 valence electrons. The molecule has 11 heteroatoms. The average Bonchev–Trinajstić information content (AvgIpc) is 2.71. The van der Waals surface area contributed by atoms with Gasteiger partial charge in [0.15, 0.2) is 0 Å². The highest BCUT2D eigenvalue weighted by atomic mass is 32.2. The van der Waals surface area contributed by atoms with Gasteiger partial charge in [-0.2, -0.15) is 0 Å². The van der Waals surface area contributed by atoms with Crippen molar-refractivity contribution in [1.29, 1.82) is 0 Å². The van der Waals surface area contributed by atoms with Gasteiger partial charge in [-0.15, -0.1) is 0 Å². The van der Waals surface area contributed by atoms with Gasteiger partial charge in [0, 0.05) is 44.9 Å². The van der Waals surface area contributed by atoms with Crippen LogP contribution < -0.4 is 14.8 Å². The lowest BCUT2D eigenvalue weighted by atomic mass is 10.0. The van der Waals surface area contributed by atoms with Crippen LogP contribution in [0.1, 0.15) is 38.1 Å². The standard InChI is InChI=1S/C22H36N4O6S/c1-14(2)23-22(28)26-11-15(3)20(31-6)12-25(5)21(27)18-10-17(24-33(7,29)30)8-9-19(18)32-13-16(26)4/h8-10,14-16,20,24H,11-13H2,1-7H3,(H,23,28)/t15-,16-,20-/m1/s1. The smallest absolute Gasteiger partial charge is 0.317 e. The summed E-state index contributed by atoms with van der Waals surface area (Å²) < 4.78 is 37.4. The summed E-state index contributed by atoms with van der Waals surface area (Å²) in [6.07, 6.45) is 0.724. The number of nitrogens with one attached hydrogen (secondary N) is 2. The first-order chi connectivity index (χ1) is 15.3. The number of carbonyl (C=O) groups excluding carboxylic acids is 2. The van der Waals surface area contributed by atoms with Gasteiger partial charge in [-0.25, -0.2) is 13.2 Å². The van der Waals surface area contributed by atoms with Crippen molar-refractivity contribution in [2.45, 2.75) is 45.9 Å². The quantitative estimate of drug-likeness (QED) is 0.675. The van der Waals surface area contributed by atoms with Gasteiger partial charge >= 0.3 is 6.03 Å². The topological polar surface area (TPSA) is 117 Å². The number of hydrogen-bond acceptors (Lipinski definition) is 6. The number of sulfonamides is 1. The summed E-state index contributed by atoms with van der Waals surface area (Å²) in [5.74, 6) is -0.0775. The van der Waals surface area contributed by atoms with Crippen LogP contribution in [0.5, 0.6) is 5.75 Å². The lowest BCUT2D eigenvalue weighted by molar-refractivity contribution is 0.0165. The second kappa shape index (κ2) is 11.1. The fraction of sp³-hybridized carbons (Fsp3) is 0.636. The average molecular weight is 485 g/mol.